The third kappa shape index (κ3) is 3.77. The van der Waals surface area contributed by atoms with Crippen LogP contribution in [0.2, 0.25) is 0 Å². The molecule has 1 aromatic carbocycles. The first-order valence-corrected chi connectivity index (χ1v) is 2.87. The van der Waals surface area contributed by atoms with Gasteiger partial charge in [-0.3, -0.25) is 16.5 Å². The van der Waals surface area contributed by atoms with Gasteiger partial charge in [0.15, 0.2) is 6.29 Å². The Balaban J connectivity index is 0. The molecule has 0 saturated carbocycles. The van der Waals surface area contributed by atoms with E-state index in [0.717, 1.165) is 0 Å². The molecular weight excluding hydrogens is 163 g/mol. The van der Waals surface area contributed by atoms with E-state index in [4.69, 9.17) is 0 Å². The lowest BCUT2D eigenvalue weighted by Crippen LogP contribution is -2.02. The molecule has 0 aromatic heterocycles. The van der Waals surface area contributed by atoms with E-state index in [9.17, 15) is 9.18 Å². The highest BCUT2D eigenvalue weighted by molar-refractivity contribution is 5.74. The number of aldehydes is 1. The lowest BCUT2D eigenvalue weighted by molar-refractivity contribution is 0.112. The molecule has 0 amide bonds. The van der Waals surface area contributed by atoms with Gasteiger partial charge in [-0.1, -0.05) is 12.1 Å². The molecule has 12 heavy (non-hydrogen) atoms. The molecule has 0 saturated heterocycles. The SMILES string of the molecule is NN.O.O=Cc1ccccc1F. The zero-order valence-electron chi connectivity index (χ0n) is 6.33. The summed E-state index contributed by atoms with van der Waals surface area (Å²) < 4.78 is 12.4. The molecular formula is C7H11FN2O2. The Kier molecular flexibility index (Phi) is 8.65. The average molecular weight is 174 g/mol. The van der Waals surface area contributed by atoms with Crippen molar-refractivity contribution in [2.24, 2.45) is 11.7 Å². The van der Waals surface area contributed by atoms with Crippen molar-refractivity contribution in [1.29, 1.82) is 0 Å². The molecule has 0 fully saturated rings. The highest BCUT2D eigenvalue weighted by Gasteiger charge is 1.94. The minimum Gasteiger partial charge on any atom is -0.412 e. The lowest BCUT2D eigenvalue weighted by Gasteiger charge is -1.88. The first kappa shape index (κ1) is 13.3. The highest BCUT2D eigenvalue weighted by atomic mass is 19.1. The van der Waals surface area contributed by atoms with Crippen molar-refractivity contribution in [3.8, 4) is 0 Å². The number of rotatable bonds is 1. The van der Waals surface area contributed by atoms with E-state index in [1.807, 2.05) is 0 Å². The largest absolute Gasteiger partial charge is 0.412 e. The van der Waals surface area contributed by atoms with Crippen LogP contribution in [0.3, 0.4) is 0 Å². The van der Waals surface area contributed by atoms with Crippen LogP contribution in [-0.4, -0.2) is 11.8 Å². The zero-order chi connectivity index (χ0) is 8.69. The lowest BCUT2D eigenvalue weighted by atomic mass is 10.2. The molecule has 0 aliphatic heterocycles. The van der Waals surface area contributed by atoms with E-state index in [1.165, 1.54) is 12.1 Å². The monoisotopic (exact) mass is 174 g/mol. The van der Waals surface area contributed by atoms with Crippen LogP contribution in [0.1, 0.15) is 10.4 Å². The summed E-state index contributed by atoms with van der Waals surface area (Å²) in [4.78, 5) is 9.99. The molecule has 0 aliphatic rings. The van der Waals surface area contributed by atoms with Gasteiger partial charge in [-0.25, -0.2) is 4.39 Å². The van der Waals surface area contributed by atoms with E-state index >= 15 is 0 Å². The normalized spacial score (nSPS) is 7.25. The Labute approximate surface area is 69.3 Å². The molecule has 0 heterocycles. The van der Waals surface area contributed by atoms with E-state index < -0.39 is 5.82 Å². The Bertz CT molecular complexity index is 230. The van der Waals surface area contributed by atoms with Crippen LogP contribution in [0.25, 0.3) is 0 Å². The van der Waals surface area contributed by atoms with Crippen molar-refractivity contribution in [3.05, 3.63) is 35.6 Å². The number of carbonyl (C=O) groups is 1. The van der Waals surface area contributed by atoms with Crippen molar-refractivity contribution >= 4 is 6.29 Å². The number of nitrogens with two attached hydrogens (primary N) is 2. The number of hydrogen-bond acceptors (Lipinski definition) is 3. The quantitative estimate of drug-likeness (QED) is 0.345. The Morgan fingerprint density at radius 3 is 2.08 bits per heavy atom. The van der Waals surface area contributed by atoms with Gasteiger partial charge in [0.2, 0.25) is 0 Å². The first-order valence-electron chi connectivity index (χ1n) is 2.87. The predicted molar refractivity (Wildman–Crippen MR) is 43.8 cm³/mol. The maximum absolute atomic E-state index is 12.4. The Hall–Kier alpha value is -1.30. The smallest absolute Gasteiger partial charge is 0.152 e. The molecule has 0 spiro atoms. The maximum Gasteiger partial charge on any atom is 0.152 e. The summed E-state index contributed by atoms with van der Waals surface area (Å²) in [6, 6.07) is 5.85. The second kappa shape index (κ2) is 7.80. The standard InChI is InChI=1S/C7H5FO.H4N2.H2O/c8-7-4-2-1-3-6(7)5-9;1-2;/h1-5H;1-2H2;1H2. The average Bonchev–Trinajstić information content (AvgIpc) is 2.09. The summed E-state index contributed by atoms with van der Waals surface area (Å²) in [6.07, 6.45) is 0.495. The van der Waals surface area contributed by atoms with Crippen LogP contribution in [0.4, 0.5) is 4.39 Å². The van der Waals surface area contributed by atoms with Crippen LogP contribution in [0.15, 0.2) is 24.3 Å². The highest BCUT2D eigenvalue weighted by Crippen LogP contribution is 2.01. The number of hydrazine groups is 1. The molecule has 4 nitrogen and oxygen atoms in total. The van der Waals surface area contributed by atoms with Gasteiger partial charge in [0.1, 0.15) is 5.82 Å². The van der Waals surface area contributed by atoms with Crippen LogP contribution < -0.4 is 11.7 Å². The fourth-order valence-electron chi connectivity index (χ4n) is 0.571. The van der Waals surface area contributed by atoms with Gasteiger partial charge in [0, 0.05) is 0 Å². The zero-order valence-corrected chi connectivity index (χ0v) is 6.33. The second-order valence-electron chi connectivity index (χ2n) is 1.64. The summed E-state index contributed by atoms with van der Waals surface area (Å²) in [5.74, 6) is 7.53. The van der Waals surface area contributed by atoms with Gasteiger partial charge in [-0.2, -0.15) is 0 Å². The minimum absolute atomic E-state index is 0. The molecule has 0 atom stereocenters. The van der Waals surface area contributed by atoms with Gasteiger partial charge in [-0.05, 0) is 12.1 Å². The van der Waals surface area contributed by atoms with E-state index in [1.54, 1.807) is 12.1 Å². The molecule has 5 heteroatoms. The van der Waals surface area contributed by atoms with Crippen molar-refractivity contribution in [2.45, 2.75) is 0 Å². The van der Waals surface area contributed by atoms with Crippen LogP contribution in [-0.2, 0) is 0 Å². The predicted octanol–water partition coefficient (Wildman–Crippen LogP) is -0.368. The summed E-state index contributed by atoms with van der Waals surface area (Å²) in [5, 5.41) is 0. The van der Waals surface area contributed by atoms with Crippen LogP contribution >= 0.6 is 0 Å². The molecule has 68 valence electrons. The van der Waals surface area contributed by atoms with E-state index in [0.29, 0.717) is 6.29 Å². The van der Waals surface area contributed by atoms with Gasteiger partial charge < -0.3 is 5.48 Å². The molecule has 0 bridgehead atoms. The Morgan fingerprint density at radius 1 is 1.25 bits per heavy atom. The van der Waals surface area contributed by atoms with Crippen molar-refractivity contribution in [1.82, 2.24) is 0 Å². The molecule has 0 radical (unpaired) electrons. The second-order valence-corrected chi connectivity index (χ2v) is 1.64. The molecule has 0 unspecified atom stereocenters. The summed E-state index contributed by atoms with van der Waals surface area (Å²) in [7, 11) is 0. The first-order chi connectivity index (χ1) is 5.34. The third-order valence-corrected chi connectivity index (χ3v) is 1.03. The summed E-state index contributed by atoms with van der Waals surface area (Å²) in [5.41, 5.74) is 0.109. The van der Waals surface area contributed by atoms with E-state index in [2.05, 4.69) is 11.7 Å². The maximum atomic E-state index is 12.4. The van der Waals surface area contributed by atoms with Crippen LogP contribution in [0.5, 0.6) is 0 Å². The van der Waals surface area contributed by atoms with E-state index in [-0.39, 0.29) is 11.0 Å². The van der Waals surface area contributed by atoms with Crippen molar-refractivity contribution < 1.29 is 14.7 Å². The number of halogens is 1. The van der Waals surface area contributed by atoms with Gasteiger partial charge >= 0.3 is 0 Å². The molecule has 1 rings (SSSR count). The fraction of sp³-hybridized carbons (Fsp3) is 0. The van der Waals surface area contributed by atoms with Gasteiger partial charge in [-0.15, -0.1) is 0 Å². The van der Waals surface area contributed by atoms with Crippen molar-refractivity contribution in [3.63, 3.8) is 0 Å². The minimum atomic E-state index is -0.465. The van der Waals surface area contributed by atoms with Gasteiger partial charge in [0.25, 0.3) is 0 Å². The molecule has 1 aromatic rings. The fourth-order valence-corrected chi connectivity index (χ4v) is 0.571. The third-order valence-electron chi connectivity index (χ3n) is 1.03. The number of carbonyl (C=O) groups excluding carboxylic acids is 1. The molecule has 6 N–H and O–H groups in total. The summed E-state index contributed by atoms with van der Waals surface area (Å²) in [6.45, 7) is 0. The topological polar surface area (TPSA) is 101 Å². The summed E-state index contributed by atoms with van der Waals surface area (Å²) >= 11 is 0. The number of hydrogen-bond donors (Lipinski definition) is 2. The molecule has 0 aliphatic carbocycles. The Morgan fingerprint density at radius 2 is 1.75 bits per heavy atom. The van der Waals surface area contributed by atoms with Crippen LogP contribution in [0, 0.1) is 5.82 Å². The van der Waals surface area contributed by atoms with Gasteiger partial charge in [0.05, 0.1) is 5.56 Å². The van der Waals surface area contributed by atoms with Crippen molar-refractivity contribution in [2.75, 3.05) is 0 Å². The number of benzene rings is 1.